The molecule has 0 aliphatic heterocycles. The fourth-order valence-corrected chi connectivity index (χ4v) is 1.18. The van der Waals surface area contributed by atoms with E-state index in [1.165, 1.54) is 5.39 Å². The molecule has 11 heavy (non-hydrogen) atoms. The van der Waals surface area contributed by atoms with Crippen LogP contribution in [-0.4, -0.2) is 0 Å². The second kappa shape index (κ2) is 2.27. The molecule has 2 aromatic carbocycles. The van der Waals surface area contributed by atoms with Crippen LogP contribution < -0.4 is 5.73 Å². The average molecular weight is 142 g/mol. The molecule has 1 heteroatoms. The molecule has 0 fully saturated rings. The molecule has 0 amide bonds. The van der Waals surface area contributed by atoms with E-state index in [-0.39, 0.29) is 0 Å². The average Bonchev–Trinajstić information content (AvgIpc) is 2.06. The number of nitrogens with two attached hydrogens (primary N) is 1. The van der Waals surface area contributed by atoms with E-state index in [0.29, 0.717) is 0 Å². The van der Waals surface area contributed by atoms with E-state index >= 15 is 0 Å². The Balaban J connectivity index is 2.91. The van der Waals surface area contributed by atoms with Gasteiger partial charge in [0.15, 0.2) is 0 Å². The minimum atomic E-state index is 0.819. The summed E-state index contributed by atoms with van der Waals surface area (Å²) in [6.07, 6.45) is 0. The predicted molar refractivity (Wildman–Crippen MR) is 47.2 cm³/mol. The van der Waals surface area contributed by atoms with Crippen LogP contribution in [0.4, 0.5) is 5.69 Å². The van der Waals surface area contributed by atoms with Gasteiger partial charge >= 0.3 is 0 Å². The number of fused-ring (bicyclic) bond motifs is 1. The summed E-state index contributed by atoms with van der Waals surface area (Å²) < 4.78 is 0. The van der Waals surface area contributed by atoms with Crippen molar-refractivity contribution in [3.05, 3.63) is 42.5 Å². The smallest absolute Gasteiger partial charge is 0.0393 e. The van der Waals surface area contributed by atoms with Gasteiger partial charge in [-0.1, -0.05) is 24.3 Å². The fraction of sp³-hybridized carbons (Fsp3) is 0. The van der Waals surface area contributed by atoms with Crippen molar-refractivity contribution in [2.75, 3.05) is 5.73 Å². The lowest BCUT2D eigenvalue weighted by molar-refractivity contribution is 1.72. The first-order valence-corrected chi connectivity index (χ1v) is 3.52. The van der Waals surface area contributed by atoms with Crippen molar-refractivity contribution in [3.63, 3.8) is 0 Å². The van der Waals surface area contributed by atoms with Gasteiger partial charge in [-0.3, -0.25) is 0 Å². The molecule has 0 atom stereocenters. The maximum atomic E-state index is 5.74. The minimum Gasteiger partial charge on any atom is -0.398 e. The van der Waals surface area contributed by atoms with E-state index in [9.17, 15) is 0 Å². The first kappa shape index (κ1) is 6.23. The van der Waals surface area contributed by atoms with Gasteiger partial charge < -0.3 is 5.73 Å². The predicted octanol–water partition coefficient (Wildman–Crippen LogP) is 2.22. The molecule has 1 nitrogen and oxygen atoms in total. The maximum absolute atomic E-state index is 5.74. The molecule has 0 aromatic heterocycles. The summed E-state index contributed by atoms with van der Waals surface area (Å²) in [4.78, 5) is 0. The Hall–Kier alpha value is -1.50. The van der Waals surface area contributed by atoms with Crippen LogP contribution in [0.5, 0.6) is 0 Å². The molecular formula is C10H8N. The Kier molecular flexibility index (Phi) is 1.29. The van der Waals surface area contributed by atoms with Gasteiger partial charge in [0, 0.05) is 11.1 Å². The van der Waals surface area contributed by atoms with E-state index in [1.54, 1.807) is 0 Å². The van der Waals surface area contributed by atoms with Crippen molar-refractivity contribution >= 4 is 16.5 Å². The molecule has 0 heterocycles. The van der Waals surface area contributed by atoms with Gasteiger partial charge in [-0.05, 0) is 23.6 Å². The SMILES string of the molecule is Nc1cccc2cc[c]cc12. The number of rotatable bonds is 0. The summed E-state index contributed by atoms with van der Waals surface area (Å²) in [6.45, 7) is 0. The largest absolute Gasteiger partial charge is 0.398 e. The van der Waals surface area contributed by atoms with E-state index < -0.39 is 0 Å². The van der Waals surface area contributed by atoms with Crippen LogP contribution in [0.2, 0.25) is 0 Å². The van der Waals surface area contributed by atoms with Gasteiger partial charge in [0.2, 0.25) is 0 Å². The topological polar surface area (TPSA) is 26.0 Å². The van der Waals surface area contributed by atoms with Crippen molar-refractivity contribution in [1.82, 2.24) is 0 Å². The van der Waals surface area contributed by atoms with Gasteiger partial charge in [-0.2, -0.15) is 0 Å². The van der Waals surface area contributed by atoms with Crippen LogP contribution in [0.25, 0.3) is 10.8 Å². The van der Waals surface area contributed by atoms with Crippen LogP contribution in [0, 0.1) is 6.07 Å². The Morgan fingerprint density at radius 1 is 1.18 bits per heavy atom. The Bertz CT molecular complexity index is 374. The highest BCUT2D eigenvalue weighted by molar-refractivity contribution is 5.92. The molecule has 0 spiro atoms. The summed E-state index contributed by atoms with van der Waals surface area (Å²) in [6, 6.07) is 14.7. The molecule has 0 bridgehead atoms. The van der Waals surface area contributed by atoms with Crippen LogP contribution in [0.1, 0.15) is 0 Å². The molecule has 53 valence electrons. The van der Waals surface area contributed by atoms with Crippen LogP contribution >= 0.6 is 0 Å². The van der Waals surface area contributed by atoms with Crippen molar-refractivity contribution in [2.24, 2.45) is 0 Å². The van der Waals surface area contributed by atoms with E-state index in [2.05, 4.69) is 6.07 Å². The van der Waals surface area contributed by atoms with E-state index in [0.717, 1.165) is 11.1 Å². The molecule has 0 saturated carbocycles. The van der Waals surface area contributed by atoms with Crippen LogP contribution in [0.15, 0.2) is 36.4 Å². The fourth-order valence-electron chi connectivity index (χ4n) is 1.18. The van der Waals surface area contributed by atoms with Gasteiger partial charge in [0.05, 0.1) is 0 Å². The van der Waals surface area contributed by atoms with Crippen LogP contribution in [0.3, 0.4) is 0 Å². The normalized spacial score (nSPS) is 10.2. The quantitative estimate of drug-likeness (QED) is 0.561. The summed E-state index contributed by atoms with van der Waals surface area (Å²) >= 11 is 0. The zero-order valence-electron chi connectivity index (χ0n) is 6.04. The monoisotopic (exact) mass is 142 g/mol. The van der Waals surface area contributed by atoms with E-state index in [1.807, 2.05) is 36.4 Å². The summed E-state index contributed by atoms with van der Waals surface area (Å²) in [5.74, 6) is 0. The third-order valence-electron chi connectivity index (χ3n) is 1.76. The lowest BCUT2D eigenvalue weighted by Crippen LogP contribution is -1.84. The van der Waals surface area contributed by atoms with Crippen LogP contribution in [-0.2, 0) is 0 Å². The lowest BCUT2D eigenvalue weighted by atomic mass is 10.1. The number of anilines is 1. The zero-order valence-corrected chi connectivity index (χ0v) is 6.04. The van der Waals surface area contributed by atoms with E-state index in [4.69, 9.17) is 5.73 Å². The van der Waals surface area contributed by atoms with Gasteiger partial charge in [0.1, 0.15) is 0 Å². The summed E-state index contributed by atoms with van der Waals surface area (Å²) in [5, 5.41) is 2.25. The highest BCUT2D eigenvalue weighted by Gasteiger charge is 1.92. The van der Waals surface area contributed by atoms with Crippen molar-refractivity contribution in [1.29, 1.82) is 0 Å². The minimum absolute atomic E-state index is 0.819. The number of benzene rings is 2. The molecule has 2 N–H and O–H groups in total. The highest BCUT2D eigenvalue weighted by Crippen LogP contribution is 2.18. The van der Waals surface area contributed by atoms with Crippen molar-refractivity contribution < 1.29 is 0 Å². The third-order valence-corrected chi connectivity index (χ3v) is 1.76. The third kappa shape index (κ3) is 0.944. The van der Waals surface area contributed by atoms with Gasteiger partial charge in [0.25, 0.3) is 0 Å². The Morgan fingerprint density at radius 3 is 2.91 bits per heavy atom. The molecule has 0 unspecified atom stereocenters. The number of hydrogen-bond acceptors (Lipinski definition) is 1. The first-order valence-electron chi connectivity index (χ1n) is 3.52. The Morgan fingerprint density at radius 2 is 2.09 bits per heavy atom. The first-order chi connectivity index (χ1) is 5.38. The summed E-state index contributed by atoms with van der Waals surface area (Å²) in [7, 11) is 0. The molecule has 0 saturated heterocycles. The molecule has 2 rings (SSSR count). The lowest BCUT2D eigenvalue weighted by Gasteiger charge is -1.98. The van der Waals surface area contributed by atoms with Crippen molar-refractivity contribution in [2.45, 2.75) is 0 Å². The number of nitrogen functional groups attached to an aromatic ring is 1. The highest BCUT2D eigenvalue weighted by atomic mass is 14.5. The molecule has 0 aliphatic carbocycles. The Labute approximate surface area is 65.5 Å². The molecule has 2 aromatic rings. The zero-order chi connectivity index (χ0) is 7.68. The second-order valence-corrected chi connectivity index (χ2v) is 2.49. The standard InChI is InChI=1S/C10H8N/c11-10-7-3-5-8-4-1-2-6-9(8)10/h1,3-7H,11H2. The maximum Gasteiger partial charge on any atom is 0.0393 e. The second-order valence-electron chi connectivity index (χ2n) is 2.49. The molecule has 1 radical (unpaired) electrons. The van der Waals surface area contributed by atoms with Gasteiger partial charge in [-0.15, -0.1) is 0 Å². The molecular weight excluding hydrogens is 134 g/mol. The van der Waals surface area contributed by atoms with Gasteiger partial charge in [-0.25, -0.2) is 0 Å². The summed E-state index contributed by atoms with van der Waals surface area (Å²) in [5.41, 5.74) is 6.56. The number of hydrogen-bond donors (Lipinski definition) is 1. The molecule has 0 aliphatic rings. The van der Waals surface area contributed by atoms with Crippen molar-refractivity contribution in [3.8, 4) is 0 Å².